The summed E-state index contributed by atoms with van der Waals surface area (Å²) in [5, 5.41) is 13.0. The predicted molar refractivity (Wildman–Crippen MR) is 71.6 cm³/mol. The molecule has 0 spiro atoms. The molecule has 0 radical (unpaired) electrons. The average molecular weight is 246 g/mol. The van der Waals surface area contributed by atoms with Crippen molar-refractivity contribution in [3.05, 3.63) is 36.0 Å². The summed E-state index contributed by atoms with van der Waals surface area (Å²) in [6.07, 6.45) is 2.30. The van der Waals surface area contributed by atoms with Crippen LogP contribution in [0.4, 0.5) is 0 Å². The Balaban J connectivity index is 2.10. The van der Waals surface area contributed by atoms with E-state index in [0.717, 1.165) is 6.54 Å². The number of para-hydroxylation sites is 1. The van der Waals surface area contributed by atoms with Gasteiger partial charge in [0, 0.05) is 36.7 Å². The van der Waals surface area contributed by atoms with Crippen LogP contribution in [0.15, 0.2) is 30.5 Å². The van der Waals surface area contributed by atoms with Crippen LogP contribution in [0.2, 0.25) is 0 Å². The third-order valence-corrected chi connectivity index (χ3v) is 3.04. The zero-order valence-electron chi connectivity index (χ0n) is 10.5. The highest BCUT2D eigenvalue weighted by Gasteiger charge is 2.06. The van der Waals surface area contributed by atoms with Gasteiger partial charge in [-0.05, 0) is 18.6 Å². The fourth-order valence-electron chi connectivity index (χ4n) is 2.14. The van der Waals surface area contributed by atoms with Gasteiger partial charge in [-0.25, -0.2) is 0 Å². The Kier molecular flexibility index (Phi) is 3.99. The van der Waals surface area contributed by atoms with E-state index in [1.165, 1.54) is 16.5 Å². The molecule has 0 aliphatic carbocycles. The van der Waals surface area contributed by atoms with E-state index in [-0.39, 0.29) is 6.42 Å². The largest absolute Gasteiger partial charge is 0.481 e. The van der Waals surface area contributed by atoms with Crippen molar-refractivity contribution in [3.63, 3.8) is 0 Å². The van der Waals surface area contributed by atoms with Crippen LogP contribution in [0.1, 0.15) is 18.9 Å². The first-order valence-corrected chi connectivity index (χ1v) is 6.21. The number of aryl methyl sites for hydroxylation is 1. The number of nitrogens with one attached hydrogen (secondary N) is 1. The quantitative estimate of drug-likeness (QED) is 0.768. The molecule has 0 atom stereocenters. The lowest BCUT2D eigenvalue weighted by atomic mass is 10.2. The van der Waals surface area contributed by atoms with Gasteiger partial charge in [-0.2, -0.15) is 0 Å². The third-order valence-electron chi connectivity index (χ3n) is 3.04. The number of fused-ring (bicyclic) bond motifs is 1. The SMILES string of the molecule is CCn1cc(CNCCC(=O)O)c2ccccc21. The molecule has 4 nitrogen and oxygen atoms in total. The molecule has 0 saturated carbocycles. The maximum atomic E-state index is 10.4. The number of hydrogen-bond donors (Lipinski definition) is 2. The molecule has 1 aromatic carbocycles. The lowest BCUT2D eigenvalue weighted by Crippen LogP contribution is -2.17. The summed E-state index contributed by atoms with van der Waals surface area (Å²) < 4.78 is 2.21. The lowest BCUT2D eigenvalue weighted by molar-refractivity contribution is -0.136. The van der Waals surface area contributed by atoms with E-state index in [9.17, 15) is 4.79 Å². The molecular formula is C14H18N2O2. The van der Waals surface area contributed by atoms with Crippen LogP contribution in [-0.4, -0.2) is 22.2 Å². The van der Waals surface area contributed by atoms with E-state index in [1.807, 2.05) is 12.1 Å². The minimum Gasteiger partial charge on any atom is -0.481 e. The summed E-state index contributed by atoms with van der Waals surface area (Å²) in [5.41, 5.74) is 2.45. The monoisotopic (exact) mass is 246 g/mol. The molecule has 0 unspecified atom stereocenters. The third kappa shape index (κ3) is 2.71. The number of nitrogens with zero attached hydrogens (tertiary/aromatic N) is 1. The average Bonchev–Trinajstić information content (AvgIpc) is 2.73. The van der Waals surface area contributed by atoms with Gasteiger partial charge in [0.15, 0.2) is 0 Å². The number of hydrogen-bond acceptors (Lipinski definition) is 2. The summed E-state index contributed by atoms with van der Waals surface area (Å²) in [4.78, 5) is 10.4. The standard InChI is InChI=1S/C14H18N2O2/c1-2-16-10-11(9-15-8-7-14(17)18)12-5-3-4-6-13(12)16/h3-6,10,15H,2,7-9H2,1H3,(H,17,18). The number of aliphatic carboxylic acids is 1. The van der Waals surface area contributed by atoms with Gasteiger partial charge in [-0.15, -0.1) is 0 Å². The highest BCUT2D eigenvalue weighted by atomic mass is 16.4. The molecule has 0 fully saturated rings. The smallest absolute Gasteiger partial charge is 0.304 e. The maximum Gasteiger partial charge on any atom is 0.304 e. The Labute approximate surface area is 106 Å². The van der Waals surface area contributed by atoms with Gasteiger partial charge in [0.25, 0.3) is 0 Å². The first-order valence-electron chi connectivity index (χ1n) is 6.21. The Morgan fingerprint density at radius 2 is 2.17 bits per heavy atom. The fraction of sp³-hybridized carbons (Fsp3) is 0.357. The molecule has 1 aromatic heterocycles. The van der Waals surface area contributed by atoms with E-state index in [1.54, 1.807) is 0 Å². The Morgan fingerprint density at radius 3 is 2.89 bits per heavy atom. The molecule has 2 aromatic rings. The molecule has 0 amide bonds. The molecule has 0 saturated heterocycles. The van der Waals surface area contributed by atoms with Crippen LogP contribution in [0.3, 0.4) is 0 Å². The van der Waals surface area contributed by atoms with Crippen LogP contribution in [0.5, 0.6) is 0 Å². The van der Waals surface area contributed by atoms with Crippen molar-refractivity contribution in [2.45, 2.75) is 26.4 Å². The number of benzene rings is 1. The highest BCUT2D eigenvalue weighted by Crippen LogP contribution is 2.20. The van der Waals surface area contributed by atoms with Crippen LogP contribution in [0.25, 0.3) is 10.9 Å². The van der Waals surface area contributed by atoms with E-state index < -0.39 is 5.97 Å². The second kappa shape index (κ2) is 5.69. The second-order valence-corrected chi connectivity index (χ2v) is 4.28. The topological polar surface area (TPSA) is 54.3 Å². The maximum absolute atomic E-state index is 10.4. The molecule has 2 N–H and O–H groups in total. The minimum atomic E-state index is -0.765. The molecule has 2 rings (SSSR count). The molecule has 18 heavy (non-hydrogen) atoms. The van der Waals surface area contributed by atoms with Crippen molar-refractivity contribution >= 4 is 16.9 Å². The van der Waals surface area contributed by atoms with Gasteiger partial charge >= 0.3 is 5.97 Å². The zero-order valence-corrected chi connectivity index (χ0v) is 10.5. The Hall–Kier alpha value is -1.81. The molecule has 0 bridgehead atoms. The summed E-state index contributed by atoms with van der Waals surface area (Å²) >= 11 is 0. The van der Waals surface area contributed by atoms with E-state index >= 15 is 0 Å². The van der Waals surface area contributed by atoms with Gasteiger partial charge in [0.05, 0.1) is 6.42 Å². The van der Waals surface area contributed by atoms with Gasteiger partial charge in [-0.1, -0.05) is 18.2 Å². The fourth-order valence-corrected chi connectivity index (χ4v) is 2.14. The molecular weight excluding hydrogens is 228 g/mol. The van der Waals surface area contributed by atoms with Crippen LogP contribution >= 0.6 is 0 Å². The molecule has 0 aliphatic rings. The molecule has 0 aliphatic heterocycles. The zero-order chi connectivity index (χ0) is 13.0. The Morgan fingerprint density at radius 1 is 1.39 bits per heavy atom. The van der Waals surface area contributed by atoms with Crippen LogP contribution in [-0.2, 0) is 17.9 Å². The Bertz CT molecular complexity index is 546. The summed E-state index contributed by atoms with van der Waals surface area (Å²) in [6, 6.07) is 8.29. The minimum absolute atomic E-state index is 0.159. The lowest BCUT2D eigenvalue weighted by Gasteiger charge is -2.01. The van der Waals surface area contributed by atoms with E-state index in [2.05, 4.69) is 35.1 Å². The van der Waals surface area contributed by atoms with Gasteiger partial charge < -0.3 is 15.0 Å². The number of rotatable bonds is 6. The normalized spacial score (nSPS) is 10.9. The first-order chi connectivity index (χ1) is 8.72. The van der Waals surface area contributed by atoms with Crippen molar-refractivity contribution in [3.8, 4) is 0 Å². The van der Waals surface area contributed by atoms with E-state index in [4.69, 9.17) is 5.11 Å². The van der Waals surface area contributed by atoms with Gasteiger partial charge in [-0.3, -0.25) is 4.79 Å². The number of carboxylic acid groups (broad SMARTS) is 1. The first kappa shape index (κ1) is 12.6. The van der Waals surface area contributed by atoms with Gasteiger partial charge in [0.1, 0.15) is 0 Å². The van der Waals surface area contributed by atoms with E-state index in [0.29, 0.717) is 13.1 Å². The van der Waals surface area contributed by atoms with Crippen LogP contribution in [0, 0.1) is 0 Å². The molecule has 96 valence electrons. The van der Waals surface area contributed by atoms with Crippen molar-refractivity contribution < 1.29 is 9.90 Å². The number of carbonyl (C=O) groups is 1. The summed E-state index contributed by atoms with van der Waals surface area (Å²) in [7, 11) is 0. The van der Waals surface area contributed by atoms with Crippen molar-refractivity contribution in [2.24, 2.45) is 0 Å². The van der Waals surface area contributed by atoms with Crippen molar-refractivity contribution in [1.29, 1.82) is 0 Å². The second-order valence-electron chi connectivity index (χ2n) is 4.28. The summed E-state index contributed by atoms with van der Waals surface area (Å²) in [5.74, 6) is -0.765. The van der Waals surface area contributed by atoms with Crippen molar-refractivity contribution in [2.75, 3.05) is 6.54 Å². The number of carboxylic acids is 1. The predicted octanol–water partition coefficient (Wildman–Crippen LogP) is 2.23. The summed E-state index contributed by atoms with van der Waals surface area (Å²) in [6.45, 7) is 4.27. The molecule has 1 heterocycles. The number of aromatic nitrogens is 1. The van der Waals surface area contributed by atoms with Crippen molar-refractivity contribution in [1.82, 2.24) is 9.88 Å². The van der Waals surface area contributed by atoms with Crippen LogP contribution < -0.4 is 5.32 Å². The highest BCUT2D eigenvalue weighted by molar-refractivity contribution is 5.83. The molecule has 4 heteroatoms. The van der Waals surface area contributed by atoms with Gasteiger partial charge in [0.2, 0.25) is 0 Å².